The van der Waals surface area contributed by atoms with Crippen LogP contribution in [0.15, 0.2) is 28.0 Å². The van der Waals surface area contributed by atoms with E-state index in [2.05, 4.69) is 13.7 Å². The Kier molecular flexibility index (Phi) is 3.96. The summed E-state index contributed by atoms with van der Waals surface area (Å²) in [6.45, 7) is 0.0655. The van der Waals surface area contributed by atoms with E-state index in [-0.39, 0.29) is 6.54 Å². The second-order valence-corrected chi connectivity index (χ2v) is 9.87. The number of nitrogens with one attached hydrogen (secondary N) is 1. The molecule has 1 fully saturated rings. The summed E-state index contributed by atoms with van der Waals surface area (Å²) in [5.41, 5.74) is 1.63. The number of H-pyrrole nitrogens is 1. The number of aromatic amines is 1. The number of aromatic nitrogens is 2. The molecule has 1 aliphatic rings. The van der Waals surface area contributed by atoms with Crippen LogP contribution in [0, 0.1) is 0 Å². The van der Waals surface area contributed by atoms with Crippen molar-refractivity contribution in [2.24, 2.45) is 3.77 Å². The molecule has 3 rings (SSSR count). The van der Waals surface area contributed by atoms with E-state index >= 15 is 0 Å². The smallest absolute Gasteiger partial charge is 0.330 e. The molecule has 1 aromatic carbocycles. The zero-order valence-corrected chi connectivity index (χ0v) is 13.9. The van der Waals surface area contributed by atoms with Crippen molar-refractivity contribution in [1.29, 1.82) is 0 Å². The van der Waals surface area contributed by atoms with Gasteiger partial charge >= 0.3 is 10.2 Å². The molecule has 0 amide bonds. The van der Waals surface area contributed by atoms with Crippen molar-refractivity contribution in [3.8, 4) is 0 Å². The minimum atomic E-state index is -3.91. The summed E-state index contributed by atoms with van der Waals surface area (Å²) in [7, 11) is -5.10. The average molecular weight is 342 g/mol. The monoisotopic (exact) mass is 342 g/mol. The second-order valence-electron chi connectivity index (χ2n) is 5.40. The highest BCUT2D eigenvalue weighted by Crippen LogP contribution is 2.18. The van der Waals surface area contributed by atoms with E-state index in [1.165, 1.54) is 7.05 Å². The zero-order valence-electron chi connectivity index (χ0n) is 12.2. The van der Waals surface area contributed by atoms with E-state index in [1.807, 2.05) is 24.3 Å². The van der Waals surface area contributed by atoms with Gasteiger partial charge in [-0.1, -0.05) is 15.9 Å². The molecule has 7 nitrogen and oxygen atoms in total. The molecule has 1 saturated heterocycles. The third-order valence-electron chi connectivity index (χ3n) is 3.61. The maximum absolute atomic E-state index is 12.3. The van der Waals surface area contributed by atoms with Crippen LogP contribution in [0.2, 0.25) is 0 Å². The molecule has 0 aliphatic carbocycles. The number of para-hydroxylation sites is 2. The van der Waals surface area contributed by atoms with Crippen molar-refractivity contribution in [2.45, 2.75) is 19.4 Å². The van der Waals surface area contributed by atoms with Crippen molar-refractivity contribution in [3.05, 3.63) is 30.1 Å². The first kappa shape index (κ1) is 15.4. The third kappa shape index (κ3) is 3.16. The zero-order chi connectivity index (χ0) is 15.8. The van der Waals surface area contributed by atoms with Gasteiger partial charge in [0.15, 0.2) is 0 Å². The van der Waals surface area contributed by atoms with Crippen LogP contribution in [-0.2, 0) is 26.5 Å². The molecule has 1 aromatic heterocycles. The predicted molar refractivity (Wildman–Crippen MR) is 86.0 cm³/mol. The fourth-order valence-electron chi connectivity index (χ4n) is 2.43. The molecule has 0 radical (unpaired) electrons. The van der Waals surface area contributed by atoms with Crippen LogP contribution in [0.25, 0.3) is 11.0 Å². The molecule has 1 aliphatic heterocycles. The van der Waals surface area contributed by atoms with Gasteiger partial charge in [0.2, 0.25) is 0 Å². The van der Waals surface area contributed by atoms with Crippen LogP contribution in [-0.4, -0.2) is 45.5 Å². The fourth-order valence-corrected chi connectivity index (χ4v) is 6.66. The molecule has 0 unspecified atom stereocenters. The summed E-state index contributed by atoms with van der Waals surface area (Å²) < 4.78 is 41.6. The molecule has 0 bridgehead atoms. The number of hydrogen-bond donors (Lipinski definition) is 1. The lowest BCUT2D eigenvalue weighted by Crippen LogP contribution is -2.26. The summed E-state index contributed by atoms with van der Waals surface area (Å²) in [4.78, 5) is 7.41. The summed E-state index contributed by atoms with van der Waals surface area (Å²) in [6, 6.07) is 7.47. The second kappa shape index (κ2) is 5.64. The van der Waals surface area contributed by atoms with Crippen LogP contribution < -0.4 is 0 Å². The Labute approximate surface area is 130 Å². The Morgan fingerprint density at radius 2 is 2.00 bits per heavy atom. The Morgan fingerprint density at radius 1 is 1.32 bits per heavy atom. The molecule has 0 atom stereocenters. The Morgan fingerprint density at radius 3 is 2.68 bits per heavy atom. The van der Waals surface area contributed by atoms with Crippen molar-refractivity contribution >= 4 is 31.0 Å². The third-order valence-corrected chi connectivity index (χ3v) is 8.22. The molecule has 22 heavy (non-hydrogen) atoms. The summed E-state index contributed by atoms with van der Waals surface area (Å²) >= 11 is 0. The first-order chi connectivity index (χ1) is 10.4. The molecular formula is C13H18N4O3S2. The van der Waals surface area contributed by atoms with Crippen LogP contribution in [0.1, 0.15) is 18.7 Å². The minimum Gasteiger partial charge on any atom is -0.341 e. The number of fused-ring (bicyclic) bond motifs is 1. The van der Waals surface area contributed by atoms with E-state index in [1.54, 1.807) is 0 Å². The van der Waals surface area contributed by atoms with Gasteiger partial charge < -0.3 is 4.98 Å². The fraction of sp³-hybridized carbons (Fsp3) is 0.462. The molecular weight excluding hydrogens is 324 g/mol. The highest BCUT2D eigenvalue weighted by Gasteiger charge is 2.24. The first-order valence-corrected chi connectivity index (χ1v) is 10.3. The predicted octanol–water partition coefficient (Wildman–Crippen LogP) is 1.50. The lowest BCUT2D eigenvalue weighted by atomic mass is 10.3. The van der Waals surface area contributed by atoms with Gasteiger partial charge in [0.1, 0.15) is 5.82 Å². The van der Waals surface area contributed by atoms with Crippen LogP contribution in [0.4, 0.5) is 0 Å². The minimum absolute atomic E-state index is 0.0655. The van der Waals surface area contributed by atoms with Gasteiger partial charge in [-0.2, -0.15) is 12.7 Å². The Balaban J connectivity index is 1.84. The summed E-state index contributed by atoms with van der Waals surface area (Å²) in [5.74, 6) is 1.26. The Hall–Kier alpha value is -1.45. The molecule has 120 valence electrons. The number of benzene rings is 1. The molecule has 9 heteroatoms. The SMILES string of the molecule is CN(Cc1nc2ccccc2[nH]1)S(=O)(=O)N=S1(=O)CCCC1. The maximum Gasteiger partial charge on any atom is 0.330 e. The molecule has 1 N–H and O–H groups in total. The number of nitrogens with zero attached hydrogens (tertiary/aromatic N) is 3. The van der Waals surface area contributed by atoms with Crippen molar-refractivity contribution in [3.63, 3.8) is 0 Å². The van der Waals surface area contributed by atoms with Crippen LogP contribution in [0.3, 0.4) is 0 Å². The van der Waals surface area contributed by atoms with E-state index in [4.69, 9.17) is 0 Å². The van der Waals surface area contributed by atoms with Crippen molar-refractivity contribution < 1.29 is 12.6 Å². The molecule has 2 heterocycles. The average Bonchev–Trinajstić information content (AvgIpc) is 3.03. The van der Waals surface area contributed by atoms with Crippen LogP contribution in [0.5, 0.6) is 0 Å². The number of imidazole rings is 1. The highest BCUT2D eigenvalue weighted by atomic mass is 32.3. The topological polar surface area (TPSA) is 95.5 Å². The van der Waals surface area contributed by atoms with E-state index in [9.17, 15) is 12.6 Å². The Bertz CT molecular complexity index is 865. The van der Waals surface area contributed by atoms with Gasteiger partial charge in [-0.3, -0.25) is 0 Å². The van der Waals surface area contributed by atoms with Gasteiger partial charge in [-0.25, -0.2) is 9.19 Å². The van der Waals surface area contributed by atoms with E-state index in [0.717, 1.165) is 28.2 Å². The first-order valence-electron chi connectivity index (χ1n) is 7.02. The van der Waals surface area contributed by atoms with Crippen LogP contribution >= 0.6 is 0 Å². The van der Waals surface area contributed by atoms with E-state index < -0.39 is 19.9 Å². The quantitative estimate of drug-likeness (QED) is 0.911. The number of rotatable bonds is 4. The summed E-state index contributed by atoms with van der Waals surface area (Å²) in [5, 5.41) is 0. The molecule has 0 saturated carbocycles. The molecule has 0 spiro atoms. The highest BCUT2D eigenvalue weighted by molar-refractivity contribution is 8.02. The number of hydrogen-bond acceptors (Lipinski definition) is 4. The standard InChI is InChI=1S/C13H18N4O3S2/c1-17(22(19,20)16-21(18)8-4-5-9-21)10-13-14-11-6-2-3-7-12(11)15-13/h2-3,6-7H,4-5,8-10H2,1H3,(H,14,15). The largest absolute Gasteiger partial charge is 0.341 e. The molecule has 2 aromatic rings. The lowest BCUT2D eigenvalue weighted by Gasteiger charge is -2.12. The van der Waals surface area contributed by atoms with Gasteiger partial charge in [0.25, 0.3) is 0 Å². The summed E-state index contributed by atoms with van der Waals surface area (Å²) in [6.07, 6.45) is 1.54. The lowest BCUT2D eigenvalue weighted by molar-refractivity contribution is 0.460. The normalized spacial score (nSPS) is 18.1. The van der Waals surface area contributed by atoms with Crippen molar-refractivity contribution in [2.75, 3.05) is 18.6 Å². The van der Waals surface area contributed by atoms with Gasteiger partial charge in [0, 0.05) is 18.6 Å². The van der Waals surface area contributed by atoms with Gasteiger partial charge in [0.05, 0.1) is 27.3 Å². The van der Waals surface area contributed by atoms with Crippen molar-refractivity contribution in [1.82, 2.24) is 14.3 Å². The maximum atomic E-state index is 12.3. The van der Waals surface area contributed by atoms with E-state index in [0.29, 0.717) is 17.3 Å². The van der Waals surface area contributed by atoms with Gasteiger partial charge in [-0.05, 0) is 25.0 Å². The van der Waals surface area contributed by atoms with Gasteiger partial charge in [-0.15, -0.1) is 0 Å².